The summed E-state index contributed by atoms with van der Waals surface area (Å²) in [4.78, 5) is 34.6. The van der Waals surface area contributed by atoms with Gasteiger partial charge in [-0.15, -0.1) is 0 Å². The molecule has 0 saturated carbocycles. The van der Waals surface area contributed by atoms with Crippen LogP contribution in [0.25, 0.3) is 0 Å². The number of hydrogen-bond donors (Lipinski definition) is 1. The van der Waals surface area contributed by atoms with Gasteiger partial charge in [-0.3, -0.25) is 4.79 Å². The molecule has 0 radical (unpaired) electrons. The van der Waals surface area contributed by atoms with Crippen molar-refractivity contribution in [2.24, 2.45) is 0 Å². The van der Waals surface area contributed by atoms with E-state index in [4.69, 9.17) is 4.74 Å². The Balaban J connectivity index is 1.34. The lowest BCUT2D eigenvalue weighted by Gasteiger charge is -2.23. The zero-order valence-corrected chi connectivity index (χ0v) is 15.8. The topological polar surface area (TPSA) is 78.0 Å². The van der Waals surface area contributed by atoms with Crippen molar-refractivity contribution in [1.82, 2.24) is 20.1 Å². The van der Waals surface area contributed by atoms with E-state index < -0.39 is 6.04 Å². The third kappa shape index (κ3) is 3.79. The fraction of sp³-hybridized carbons (Fsp3) is 0.632. The van der Waals surface area contributed by atoms with E-state index in [9.17, 15) is 9.59 Å². The number of ether oxygens (including phenoxy) is 1. The minimum atomic E-state index is -0.400. The quantitative estimate of drug-likeness (QED) is 0.854. The van der Waals surface area contributed by atoms with Crippen molar-refractivity contribution in [2.45, 2.75) is 37.8 Å². The highest BCUT2D eigenvalue weighted by Gasteiger charge is 2.34. The van der Waals surface area contributed by atoms with E-state index in [-0.39, 0.29) is 18.0 Å². The maximum absolute atomic E-state index is 12.5. The van der Waals surface area contributed by atoms with Crippen LogP contribution >= 0.6 is 0 Å². The number of rotatable bonds is 4. The third-order valence-corrected chi connectivity index (χ3v) is 5.61. The monoisotopic (exact) mass is 373 g/mol. The van der Waals surface area contributed by atoms with Crippen LogP contribution in [0.2, 0.25) is 0 Å². The summed E-state index contributed by atoms with van der Waals surface area (Å²) in [5.74, 6) is 1.68. The number of hydrogen-bond acceptors (Lipinski definition) is 5. The Kier molecular flexibility index (Phi) is 5.05. The van der Waals surface area contributed by atoms with E-state index in [1.54, 1.807) is 23.0 Å². The van der Waals surface area contributed by atoms with Crippen molar-refractivity contribution in [2.75, 3.05) is 44.7 Å². The van der Waals surface area contributed by atoms with Crippen molar-refractivity contribution >= 4 is 17.8 Å². The predicted octanol–water partition coefficient (Wildman–Crippen LogP) is 1.08. The van der Waals surface area contributed by atoms with Crippen LogP contribution in [0.15, 0.2) is 18.3 Å². The van der Waals surface area contributed by atoms with Crippen LogP contribution in [0.5, 0.6) is 5.75 Å². The van der Waals surface area contributed by atoms with Crippen LogP contribution in [0.4, 0.5) is 10.6 Å². The molecule has 3 amide bonds. The van der Waals surface area contributed by atoms with Gasteiger partial charge >= 0.3 is 6.03 Å². The molecule has 0 aliphatic carbocycles. The second kappa shape index (κ2) is 7.62. The number of anilines is 1. The maximum Gasteiger partial charge on any atom is 0.318 e. The molecule has 1 aromatic heterocycles. The SMILES string of the molecule is CN1CC[C@@H](NC(=O)N2CC[C@@H](Oc3cccnc3N3CCCC3)C2)C1=O. The molecule has 8 heteroatoms. The van der Waals surface area contributed by atoms with Gasteiger partial charge in [0.1, 0.15) is 12.1 Å². The number of nitrogens with zero attached hydrogens (tertiary/aromatic N) is 4. The van der Waals surface area contributed by atoms with Crippen LogP contribution in [0, 0.1) is 0 Å². The highest BCUT2D eigenvalue weighted by atomic mass is 16.5. The molecule has 4 rings (SSSR count). The molecule has 4 heterocycles. The van der Waals surface area contributed by atoms with E-state index in [1.165, 1.54) is 12.8 Å². The normalized spacial score (nSPS) is 25.4. The van der Waals surface area contributed by atoms with Gasteiger partial charge in [-0.25, -0.2) is 9.78 Å². The van der Waals surface area contributed by atoms with Crippen LogP contribution < -0.4 is 15.0 Å². The number of amides is 3. The first-order valence-electron chi connectivity index (χ1n) is 9.79. The second-order valence-corrected chi connectivity index (χ2v) is 7.54. The van der Waals surface area contributed by atoms with Gasteiger partial charge in [0.25, 0.3) is 0 Å². The fourth-order valence-corrected chi connectivity index (χ4v) is 4.03. The van der Waals surface area contributed by atoms with Gasteiger partial charge in [0.05, 0.1) is 6.54 Å². The Morgan fingerprint density at radius 3 is 2.78 bits per heavy atom. The highest BCUT2D eigenvalue weighted by Crippen LogP contribution is 2.30. The molecule has 3 aliphatic heterocycles. The Labute approximate surface area is 159 Å². The van der Waals surface area contributed by atoms with E-state index in [2.05, 4.69) is 15.2 Å². The molecular formula is C19H27N5O3. The minimum absolute atomic E-state index is 0.0130. The number of likely N-dealkylation sites (N-methyl/N-ethyl adjacent to an activating group) is 1. The zero-order valence-electron chi connectivity index (χ0n) is 15.8. The maximum atomic E-state index is 12.5. The Morgan fingerprint density at radius 1 is 1.22 bits per heavy atom. The van der Waals surface area contributed by atoms with E-state index in [1.807, 2.05) is 12.1 Å². The van der Waals surface area contributed by atoms with E-state index >= 15 is 0 Å². The van der Waals surface area contributed by atoms with Gasteiger partial charge in [0, 0.05) is 45.8 Å². The molecule has 3 fully saturated rings. The van der Waals surface area contributed by atoms with Crippen molar-refractivity contribution in [3.8, 4) is 5.75 Å². The summed E-state index contributed by atoms with van der Waals surface area (Å²) in [6.45, 7) is 3.87. The number of nitrogens with one attached hydrogen (secondary N) is 1. The number of likely N-dealkylation sites (tertiary alicyclic amines) is 2. The lowest BCUT2D eigenvalue weighted by atomic mass is 10.2. The molecule has 0 aromatic carbocycles. The molecule has 3 aliphatic rings. The molecule has 146 valence electrons. The molecule has 0 bridgehead atoms. The lowest BCUT2D eigenvalue weighted by Crippen LogP contribution is -2.47. The molecule has 2 atom stereocenters. The zero-order chi connectivity index (χ0) is 18.8. The van der Waals surface area contributed by atoms with Crippen molar-refractivity contribution in [1.29, 1.82) is 0 Å². The van der Waals surface area contributed by atoms with Crippen LogP contribution in [0.1, 0.15) is 25.7 Å². The summed E-state index contributed by atoms with van der Waals surface area (Å²) in [6.07, 6.45) is 5.56. The fourth-order valence-electron chi connectivity index (χ4n) is 4.03. The van der Waals surface area contributed by atoms with Gasteiger partial charge in [0.15, 0.2) is 11.6 Å². The second-order valence-electron chi connectivity index (χ2n) is 7.54. The first kappa shape index (κ1) is 17.9. The predicted molar refractivity (Wildman–Crippen MR) is 101 cm³/mol. The molecule has 0 unspecified atom stereocenters. The molecule has 27 heavy (non-hydrogen) atoms. The molecule has 3 saturated heterocycles. The van der Waals surface area contributed by atoms with E-state index in [0.29, 0.717) is 26.1 Å². The molecule has 0 spiro atoms. The summed E-state index contributed by atoms with van der Waals surface area (Å²) < 4.78 is 6.21. The molecular weight excluding hydrogens is 346 g/mol. The van der Waals surface area contributed by atoms with Gasteiger partial charge in [-0.2, -0.15) is 0 Å². The van der Waals surface area contributed by atoms with Gasteiger partial charge in [-0.05, 0) is 31.4 Å². The summed E-state index contributed by atoms with van der Waals surface area (Å²) in [5.41, 5.74) is 0. The third-order valence-electron chi connectivity index (χ3n) is 5.61. The van der Waals surface area contributed by atoms with Crippen molar-refractivity contribution in [3.63, 3.8) is 0 Å². The van der Waals surface area contributed by atoms with Gasteiger partial charge < -0.3 is 24.8 Å². The number of aromatic nitrogens is 1. The largest absolute Gasteiger partial charge is 0.485 e. The van der Waals surface area contributed by atoms with Crippen LogP contribution in [-0.2, 0) is 4.79 Å². The smallest absolute Gasteiger partial charge is 0.318 e. The lowest BCUT2D eigenvalue weighted by molar-refractivity contribution is -0.128. The number of carbonyl (C=O) groups is 2. The summed E-state index contributed by atoms with van der Waals surface area (Å²) >= 11 is 0. The Bertz CT molecular complexity index is 706. The average molecular weight is 373 g/mol. The summed E-state index contributed by atoms with van der Waals surface area (Å²) in [6, 6.07) is 3.26. The van der Waals surface area contributed by atoms with Crippen LogP contribution in [0.3, 0.4) is 0 Å². The first-order chi connectivity index (χ1) is 13.1. The Morgan fingerprint density at radius 2 is 2.04 bits per heavy atom. The summed E-state index contributed by atoms with van der Waals surface area (Å²) in [5, 5.41) is 2.86. The minimum Gasteiger partial charge on any atom is -0.485 e. The molecule has 1 N–H and O–H groups in total. The Hall–Kier alpha value is -2.51. The number of urea groups is 1. The van der Waals surface area contributed by atoms with Gasteiger partial charge in [-0.1, -0.05) is 0 Å². The van der Waals surface area contributed by atoms with Crippen LogP contribution in [-0.4, -0.2) is 78.6 Å². The highest BCUT2D eigenvalue weighted by molar-refractivity contribution is 5.88. The molecule has 8 nitrogen and oxygen atoms in total. The summed E-state index contributed by atoms with van der Waals surface area (Å²) in [7, 11) is 1.76. The first-order valence-corrected chi connectivity index (χ1v) is 9.79. The van der Waals surface area contributed by atoms with Gasteiger partial charge in [0.2, 0.25) is 5.91 Å². The number of carbonyl (C=O) groups excluding carboxylic acids is 2. The molecule has 1 aromatic rings. The van der Waals surface area contributed by atoms with Crippen molar-refractivity contribution < 1.29 is 14.3 Å². The van der Waals surface area contributed by atoms with E-state index in [0.717, 1.165) is 31.1 Å². The average Bonchev–Trinajstić information content (AvgIpc) is 3.41. The standard InChI is InChI=1S/C19H27N5O3/c1-22-11-7-15(18(22)25)21-19(26)24-12-6-14(13-24)27-16-5-4-8-20-17(16)23-9-2-3-10-23/h4-5,8,14-15H,2-3,6-7,9-13H2,1H3,(H,21,26)/t14-,15-/m1/s1. The number of pyridine rings is 1. The van der Waals surface area contributed by atoms with Crippen molar-refractivity contribution in [3.05, 3.63) is 18.3 Å².